The fourth-order valence-electron chi connectivity index (χ4n) is 1.73. The first kappa shape index (κ1) is 7.66. The molecule has 1 aromatic rings. The van der Waals surface area contributed by atoms with Gasteiger partial charge in [-0.05, 0) is 42.5 Å². The van der Waals surface area contributed by atoms with Crippen LogP contribution in [0.1, 0.15) is 30.4 Å². The Kier molecular flexibility index (Phi) is 1.80. The summed E-state index contributed by atoms with van der Waals surface area (Å²) in [5, 5.41) is 3.39. The molecule has 1 aromatic carbocycles. The van der Waals surface area contributed by atoms with Crippen molar-refractivity contribution in [2.75, 3.05) is 11.9 Å². The van der Waals surface area contributed by atoms with E-state index in [-0.39, 0.29) is 0 Å². The maximum Gasteiger partial charge on any atom is 0.0381 e. The van der Waals surface area contributed by atoms with Crippen LogP contribution in [-0.2, 0) is 0 Å². The monoisotopic (exact) mass is 160 g/mol. The molecule has 0 fully saturated rings. The Bertz CT molecular complexity index is 291. The van der Waals surface area contributed by atoms with Crippen LogP contribution in [-0.4, -0.2) is 6.54 Å². The number of fused-ring (bicyclic) bond motifs is 1. The van der Waals surface area contributed by atoms with Gasteiger partial charge in [-0.1, -0.05) is 13.0 Å². The van der Waals surface area contributed by atoms with E-state index in [1.54, 1.807) is 0 Å². The summed E-state index contributed by atoms with van der Waals surface area (Å²) < 4.78 is 0. The fourth-order valence-corrected chi connectivity index (χ4v) is 1.73. The maximum absolute atomic E-state index is 3.42. The predicted molar refractivity (Wildman–Crippen MR) is 51.5 cm³/mol. The zero-order chi connectivity index (χ0) is 8.55. The van der Waals surface area contributed by atoms with Gasteiger partial charge >= 0.3 is 0 Å². The van der Waals surface area contributed by atoms with Crippen molar-refractivity contribution < 1.29 is 0 Å². The van der Waals surface area contributed by atoms with Crippen LogP contribution in [0.15, 0.2) is 12.1 Å². The summed E-state index contributed by atoms with van der Waals surface area (Å²) in [5.41, 5.74) is 3.88. The van der Waals surface area contributed by atoms with Gasteiger partial charge < -0.3 is 5.32 Å². The SMILES string of the molecule is Cc1[c]c2c(cc1)NCCC2C. The van der Waals surface area contributed by atoms with Gasteiger partial charge in [0.05, 0.1) is 0 Å². The molecule has 0 saturated heterocycles. The summed E-state index contributed by atoms with van der Waals surface area (Å²) in [6.45, 7) is 5.47. The highest BCUT2D eigenvalue weighted by Crippen LogP contribution is 2.30. The highest BCUT2D eigenvalue weighted by Gasteiger charge is 2.15. The van der Waals surface area contributed by atoms with Crippen molar-refractivity contribution in [3.63, 3.8) is 0 Å². The second-order valence-corrected chi connectivity index (χ2v) is 3.59. The summed E-state index contributed by atoms with van der Waals surface area (Å²) >= 11 is 0. The van der Waals surface area contributed by atoms with Gasteiger partial charge in [0.1, 0.15) is 0 Å². The molecule has 1 heterocycles. The van der Waals surface area contributed by atoms with Gasteiger partial charge in [-0.3, -0.25) is 0 Å². The Morgan fingerprint density at radius 3 is 3.17 bits per heavy atom. The van der Waals surface area contributed by atoms with E-state index in [1.807, 2.05) is 0 Å². The third-order valence-electron chi connectivity index (χ3n) is 2.51. The molecule has 2 rings (SSSR count). The summed E-state index contributed by atoms with van der Waals surface area (Å²) in [6.07, 6.45) is 1.23. The van der Waals surface area contributed by atoms with Gasteiger partial charge in [0, 0.05) is 12.2 Å². The lowest BCUT2D eigenvalue weighted by Gasteiger charge is -2.23. The van der Waals surface area contributed by atoms with Crippen molar-refractivity contribution in [2.45, 2.75) is 26.2 Å². The molecule has 12 heavy (non-hydrogen) atoms. The van der Waals surface area contributed by atoms with Crippen LogP contribution in [0, 0.1) is 13.0 Å². The zero-order valence-corrected chi connectivity index (χ0v) is 7.65. The van der Waals surface area contributed by atoms with E-state index in [1.165, 1.54) is 23.2 Å². The zero-order valence-electron chi connectivity index (χ0n) is 7.65. The summed E-state index contributed by atoms with van der Waals surface area (Å²) in [5.74, 6) is 0.668. The number of rotatable bonds is 0. The third kappa shape index (κ3) is 1.20. The average Bonchev–Trinajstić information content (AvgIpc) is 2.07. The maximum atomic E-state index is 3.42. The van der Waals surface area contributed by atoms with Crippen LogP contribution >= 0.6 is 0 Å². The van der Waals surface area contributed by atoms with Crippen LogP contribution in [0.4, 0.5) is 5.69 Å². The van der Waals surface area contributed by atoms with Crippen molar-refractivity contribution >= 4 is 5.69 Å². The van der Waals surface area contributed by atoms with Crippen LogP contribution < -0.4 is 5.32 Å². The molecule has 1 aliphatic rings. The Morgan fingerprint density at radius 2 is 2.33 bits per heavy atom. The van der Waals surface area contributed by atoms with Crippen molar-refractivity contribution in [3.05, 3.63) is 29.3 Å². The van der Waals surface area contributed by atoms with E-state index in [0.29, 0.717) is 5.92 Å². The molecule has 0 aromatic heterocycles. The molecule has 1 heteroatoms. The lowest BCUT2D eigenvalue weighted by atomic mass is 9.92. The largest absolute Gasteiger partial charge is 0.385 e. The number of anilines is 1. The van der Waals surface area contributed by atoms with Gasteiger partial charge in [0.15, 0.2) is 0 Å². The molecule has 0 amide bonds. The minimum absolute atomic E-state index is 0.668. The first-order chi connectivity index (χ1) is 5.77. The highest BCUT2D eigenvalue weighted by molar-refractivity contribution is 5.55. The molecule has 1 aliphatic heterocycles. The first-order valence-corrected chi connectivity index (χ1v) is 4.54. The molecule has 1 N–H and O–H groups in total. The smallest absolute Gasteiger partial charge is 0.0381 e. The molecule has 0 aliphatic carbocycles. The van der Waals surface area contributed by atoms with Gasteiger partial charge in [0.25, 0.3) is 0 Å². The number of nitrogens with one attached hydrogen (secondary N) is 1. The fraction of sp³-hybridized carbons (Fsp3) is 0.455. The quantitative estimate of drug-likeness (QED) is 0.615. The molecule has 1 unspecified atom stereocenters. The highest BCUT2D eigenvalue weighted by atomic mass is 14.9. The number of hydrogen-bond donors (Lipinski definition) is 1. The van der Waals surface area contributed by atoms with Crippen LogP contribution in [0.5, 0.6) is 0 Å². The molecular weight excluding hydrogens is 146 g/mol. The molecule has 0 spiro atoms. The van der Waals surface area contributed by atoms with E-state index in [0.717, 1.165) is 6.54 Å². The van der Waals surface area contributed by atoms with E-state index in [2.05, 4.69) is 37.4 Å². The van der Waals surface area contributed by atoms with Gasteiger partial charge in [-0.25, -0.2) is 0 Å². The molecule has 63 valence electrons. The Morgan fingerprint density at radius 1 is 1.50 bits per heavy atom. The molecule has 0 saturated carbocycles. The molecule has 1 radical (unpaired) electrons. The molecule has 1 nitrogen and oxygen atoms in total. The number of aryl methyl sites for hydroxylation is 1. The Labute approximate surface area is 73.8 Å². The van der Waals surface area contributed by atoms with Crippen LogP contribution in [0.2, 0.25) is 0 Å². The number of benzene rings is 1. The summed E-state index contributed by atoms with van der Waals surface area (Å²) in [6, 6.07) is 7.69. The van der Waals surface area contributed by atoms with Crippen molar-refractivity contribution in [1.29, 1.82) is 0 Å². The topological polar surface area (TPSA) is 12.0 Å². The third-order valence-corrected chi connectivity index (χ3v) is 2.51. The first-order valence-electron chi connectivity index (χ1n) is 4.54. The van der Waals surface area contributed by atoms with Crippen molar-refractivity contribution in [1.82, 2.24) is 0 Å². The normalized spacial score (nSPS) is 21.3. The standard InChI is InChI=1S/C11H14N/c1-8-3-4-11-10(7-8)9(2)5-6-12-11/h3-4,9,12H,5-6H2,1-2H3. The Balaban J connectivity index is 2.47. The van der Waals surface area contributed by atoms with Gasteiger partial charge in [0.2, 0.25) is 0 Å². The minimum Gasteiger partial charge on any atom is -0.385 e. The van der Waals surface area contributed by atoms with Crippen LogP contribution in [0.3, 0.4) is 0 Å². The van der Waals surface area contributed by atoms with E-state index in [4.69, 9.17) is 0 Å². The summed E-state index contributed by atoms with van der Waals surface area (Å²) in [7, 11) is 0. The number of hydrogen-bond acceptors (Lipinski definition) is 1. The molecule has 0 bridgehead atoms. The van der Waals surface area contributed by atoms with Crippen molar-refractivity contribution in [3.8, 4) is 0 Å². The van der Waals surface area contributed by atoms with Gasteiger partial charge in [-0.2, -0.15) is 0 Å². The van der Waals surface area contributed by atoms with Crippen molar-refractivity contribution in [2.24, 2.45) is 0 Å². The lowest BCUT2D eigenvalue weighted by molar-refractivity contribution is 0.682. The van der Waals surface area contributed by atoms with Gasteiger partial charge in [-0.15, -0.1) is 0 Å². The van der Waals surface area contributed by atoms with E-state index >= 15 is 0 Å². The Hall–Kier alpha value is -0.980. The lowest BCUT2D eigenvalue weighted by Crippen LogP contribution is -2.14. The average molecular weight is 160 g/mol. The summed E-state index contributed by atoms with van der Waals surface area (Å²) in [4.78, 5) is 0. The van der Waals surface area contributed by atoms with E-state index in [9.17, 15) is 0 Å². The van der Waals surface area contributed by atoms with Crippen LogP contribution in [0.25, 0.3) is 0 Å². The van der Waals surface area contributed by atoms with E-state index < -0.39 is 0 Å². The predicted octanol–water partition coefficient (Wildman–Crippen LogP) is 2.71. The minimum atomic E-state index is 0.668. The molecule has 1 atom stereocenters. The second kappa shape index (κ2) is 2.81. The molecular formula is C11H14N. The second-order valence-electron chi connectivity index (χ2n) is 3.59.